The molecule has 0 bridgehead atoms. The Bertz CT molecular complexity index is 2660. The number of hydrogen-bond donors (Lipinski definition) is 3. The first kappa shape index (κ1) is 51.5. The number of ether oxygens (including phenoxy) is 3. The van der Waals surface area contributed by atoms with Gasteiger partial charge in [-0.2, -0.15) is 0 Å². The van der Waals surface area contributed by atoms with Gasteiger partial charge < -0.3 is 54.3 Å². The van der Waals surface area contributed by atoms with E-state index >= 15 is 0 Å². The van der Waals surface area contributed by atoms with Gasteiger partial charge in [-0.15, -0.1) is 0 Å². The number of carbonyl (C=O) groups excluding carboxylic acids is 3. The van der Waals surface area contributed by atoms with Crippen molar-refractivity contribution >= 4 is 80.3 Å². The highest BCUT2D eigenvalue weighted by Crippen LogP contribution is 2.57. The fraction of sp³-hybridized carbons (Fsp3) is 0.456. The van der Waals surface area contributed by atoms with Crippen molar-refractivity contribution in [3.8, 4) is 0 Å². The molecular formula is C57H70N6O7S2. The molecule has 0 aromatic heterocycles. The second kappa shape index (κ2) is 21.6. The van der Waals surface area contributed by atoms with E-state index in [0.717, 1.165) is 123 Å². The van der Waals surface area contributed by atoms with E-state index in [9.17, 15) is 14.4 Å². The van der Waals surface area contributed by atoms with Crippen LogP contribution in [0.25, 0.3) is 12.2 Å². The van der Waals surface area contributed by atoms with Crippen LogP contribution in [0.5, 0.6) is 0 Å². The van der Waals surface area contributed by atoms with Crippen molar-refractivity contribution in [2.24, 2.45) is 0 Å². The number of amides is 1. The Morgan fingerprint density at radius 2 is 1.25 bits per heavy atom. The largest absolute Gasteiger partial charge is 0.467 e. The third-order valence-corrected chi connectivity index (χ3v) is 18.2. The number of anilines is 5. The maximum absolute atomic E-state index is 13.5. The summed E-state index contributed by atoms with van der Waals surface area (Å²) in [5, 5.41) is 13.8. The zero-order valence-corrected chi connectivity index (χ0v) is 44.2. The summed E-state index contributed by atoms with van der Waals surface area (Å²) < 4.78 is 18.3. The summed E-state index contributed by atoms with van der Waals surface area (Å²) in [5.41, 5.74) is 8.73. The molecule has 72 heavy (non-hydrogen) atoms. The lowest BCUT2D eigenvalue weighted by Crippen LogP contribution is -2.51. The van der Waals surface area contributed by atoms with Crippen LogP contribution in [0.4, 0.5) is 28.4 Å². The van der Waals surface area contributed by atoms with Gasteiger partial charge in [0.05, 0.1) is 26.4 Å². The molecule has 4 saturated heterocycles. The summed E-state index contributed by atoms with van der Waals surface area (Å²) >= 11 is 0. The normalized spacial score (nSPS) is 24.3. The molecule has 6 aliphatic heterocycles. The molecule has 1 amide bonds. The van der Waals surface area contributed by atoms with Gasteiger partial charge in [-0.3, -0.25) is 4.79 Å². The Morgan fingerprint density at radius 1 is 0.708 bits per heavy atom. The highest BCUT2D eigenvalue weighted by Gasteiger charge is 2.60. The Balaban J connectivity index is 0.00000316. The summed E-state index contributed by atoms with van der Waals surface area (Å²) in [5.74, 6) is 1.48. The summed E-state index contributed by atoms with van der Waals surface area (Å²) in [7, 11) is 6.04. The average molecular weight is 1020 g/mol. The van der Waals surface area contributed by atoms with Crippen LogP contribution in [0.15, 0.2) is 97.1 Å². The number of benzene rings is 4. The smallest absolute Gasteiger partial charge is 0.328 e. The van der Waals surface area contributed by atoms with Gasteiger partial charge in [-0.1, -0.05) is 85.7 Å². The molecule has 6 aliphatic rings. The lowest BCUT2D eigenvalue weighted by atomic mass is 9.77. The molecule has 3 N–H and O–H groups in total. The van der Waals surface area contributed by atoms with Gasteiger partial charge in [0.15, 0.2) is 11.4 Å². The van der Waals surface area contributed by atoms with Crippen LogP contribution in [0.3, 0.4) is 0 Å². The summed E-state index contributed by atoms with van der Waals surface area (Å²) in [6.45, 7) is 15.0. The molecule has 4 fully saturated rings. The molecule has 0 aliphatic carbocycles. The SMILES string of the molecule is CO.COC(=O)C1CCCN1c1ccc(/C=C/C23OCCN2c2ccc(NCCSSCCNC(=O)c4ccc5c(c4)C(C)(C)C4(/C=C/c6ccc(N7CCCC7C=O)cc6)OCCN54)cc2C3(C)C)cc1. The van der Waals surface area contributed by atoms with E-state index in [2.05, 4.69) is 161 Å². The minimum absolute atomic E-state index is 0.0388. The van der Waals surface area contributed by atoms with Gasteiger partial charge in [0.25, 0.3) is 5.91 Å². The molecule has 0 saturated carbocycles. The van der Waals surface area contributed by atoms with E-state index in [1.54, 1.807) is 10.8 Å². The number of nitrogens with one attached hydrogen (secondary N) is 2. The van der Waals surface area contributed by atoms with Crippen LogP contribution >= 0.6 is 21.6 Å². The number of aldehydes is 1. The predicted octanol–water partition coefficient (Wildman–Crippen LogP) is 8.90. The van der Waals surface area contributed by atoms with Crippen LogP contribution in [0.2, 0.25) is 0 Å². The number of methoxy groups -OCH3 is 1. The van der Waals surface area contributed by atoms with Crippen LogP contribution in [-0.4, -0.2) is 125 Å². The minimum Gasteiger partial charge on any atom is -0.467 e. The molecule has 0 radical (unpaired) electrons. The Kier molecular flexibility index (Phi) is 15.4. The van der Waals surface area contributed by atoms with Crippen molar-refractivity contribution in [3.05, 3.63) is 125 Å². The van der Waals surface area contributed by atoms with Crippen molar-refractivity contribution in [2.75, 3.05) is 103 Å². The third-order valence-electron chi connectivity index (χ3n) is 15.8. The van der Waals surface area contributed by atoms with Crippen molar-refractivity contribution < 1.29 is 33.7 Å². The van der Waals surface area contributed by atoms with E-state index in [1.165, 1.54) is 18.4 Å². The molecule has 15 heteroatoms. The highest BCUT2D eigenvalue weighted by molar-refractivity contribution is 8.76. The standard InChI is InChI=1S/C56H66N6O6S2.CH4O/c1-53(2)46-36-41(14-20-48(46)61-30-32-67-55(53,61)24-22-39-10-16-43(17-11-39)59-28-6-8-45(59)38-63)51(64)58-27-35-70-69-34-26-57-42-15-21-49-47(37-42)54(3,4)56(62(49)31-33-68-56)25-23-40-12-18-44(19-13-40)60-29-7-9-50(60)52(65)66-5;1-2/h10-25,36-38,45,50,57H,6-9,26-35H2,1-5H3,(H,58,64);2H,1H3/b24-22+,25-23+;. The van der Waals surface area contributed by atoms with Crippen molar-refractivity contribution in [3.63, 3.8) is 0 Å². The average Bonchev–Trinajstić information content (AvgIpc) is 4.28. The second-order valence-corrected chi connectivity index (χ2v) is 22.9. The van der Waals surface area contributed by atoms with Crippen LogP contribution < -0.4 is 30.2 Å². The van der Waals surface area contributed by atoms with E-state index in [-0.39, 0.29) is 29.4 Å². The first-order valence-corrected chi connectivity index (χ1v) is 27.9. The zero-order chi connectivity index (χ0) is 50.7. The monoisotopic (exact) mass is 1010 g/mol. The fourth-order valence-corrected chi connectivity index (χ4v) is 13.7. The lowest BCUT2D eigenvalue weighted by Gasteiger charge is -2.39. The first-order chi connectivity index (χ1) is 34.9. The molecule has 4 atom stereocenters. The predicted molar refractivity (Wildman–Crippen MR) is 295 cm³/mol. The Labute approximate surface area is 433 Å². The Morgan fingerprint density at radius 3 is 1.85 bits per heavy atom. The van der Waals surface area contributed by atoms with E-state index in [1.807, 2.05) is 16.9 Å². The molecular weight excluding hydrogens is 945 g/mol. The number of aliphatic hydroxyl groups is 1. The van der Waals surface area contributed by atoms with Gasteiger partial charge >= 0.3 is 5.97 Å². The maximum atomic E-state index is 13.5. The molecule has 0 spiro atoms. The van der Waals surface area contributed by atoms with Gasteiger partial charge in [-0.25, -0.2) is 4.79 Å². The number of esters is 1. The van der Waals surface area contributed by atoms with E-state index < -0.39 is 16.9 Å². The molecule has 10 rings (SSSR count). The van der Waals surface area contributed by atoms with Gasteiger partial charge in [0.1, 0.15) is 12.3 Å². The second-order valence-electron chi connectivity index (χ2n) is 20.2. The fourth-order valence-electron chi connectivity index (χ4n) is 11.9. The van der Waals surface area contributed by atoms with Crippen LogP contribution in [-0.2, 0) is 34.6 Å². The van der Waals surface area contributed by atoms with Crippen molar-refractivity contribution in [2.45, 2.75) is 87.7 Å². The molecule has 4 aromatic rings. The minimum atomic E-state index is -0.670. The quantitative estimate of drug-likeness (QED) is 0.0402. The topological polar surface area (TPSA) is 136 Å². The number of carbonyl (C=O) groups is 3. The van der Waals surface area contributed by atoms with Crippen molar-refractivity contribution in [1.29, 1.82) is 0 Å². The van der Waals surface area contributed by atoms with E-state index in [0.29, 0.717) is 25.3 Å². The molecule has 4 aromatic carbocycles. The molecule has 4 unspecified atom stereocenters. The maximum Gasteiger partial charge on any atom is 0.328 e. The number of aliphatic hydroxyl groups excluding tert-OH is 1. The summed E-state index contributed by atoms with van der Waals surface area (Å²) in [4.78, 5) is 46.5. The summed E-state index contributed by atoms with van der Waals surface area (Å²) in [6.07, 6.45) is 13.5. The van der Waals surface area contributed by atoms with E-state index in [4.69, 9.17) is 19.3 Å². The molecule has 6 heterocycles. The number of hydrogen-bond acceptors (Lipinski definition) is 14. The van der Waals surface area contributed by atoms with Crippen LogP contribution in [0.1, 0.15) is 86.0 Å². The van der Waals surface area contributed by atoms with Crippen LogP contribution in [0, 0.1) is 0 Å². The van der Waals surface area contributed by atoms with Crippen molar-refractivity contribution in [1.82, 2.24) is 5.32 Å². The van der Waals surface area contributed by atoms with Gasteiger partial charge in [-0.05, 0) is 121 Å². The Hall–Kier alpha value is -5.45. The number of rotatable bonds is 17. The zero-order valence-electron chi connectivity index (χ0n) is 42.5. The lowest BCUT2D eigenvalue weighted by molar-refractivity contribution is -0.141. The van der Waals surface area contributed by atoms with Gasteiger partial charge in [0.2, 0.25) is 0 Å². The molecule has 13 nitrogen and oxygen atoms in total. The highest BCUT2D eigenvalue weighted by atomic mass is 33.1. The van der Waals surface area contributed by atoms with Gasteiger partial charge in [0, 0.05) is 103 Å². The number of fused-ring (bicyclic) bond motifs is 6. The summed E-state index contributed by atoms with van der Waals surface area (Å²) in [6, 6.07) is 29.4. The first-order valence-electron chi connectivity index (χ1n) is 25.4. The number of nitrogens with zero attached hydrogens (tertiary/aromatic N) is 4. The molecule has 382 valence electrons. The third kappa shape index (κ3) is 9.29.